The topological polar surface area (TPSA) is 82.8 Å². The van der Waals surface area contributed by atoms with Crippen molar-refractivity contribution in [3.05, 3.63) is 94.8 Å². The van der Waals surface area contributed by atoms with E-state index in [9.17, 15) is 9.59 Å². The van der Waals surface area contributed by atoms with Crippen LogP contribution in [-0.2, 0) is 16.0 Å². The number of methoxy groups -OCH3 is 1. The van der Waals surface area contributed by atoms with Gasteiger partial charge in [0.25, 0.3) is 5.91 Å². The Balaban J connectivity index is 1.65. The number of fused-ring (bicyclic) bond motifs is 2. The summed E-state index contributed by atoms with van der Waals surface area (Å²) in [6.45, 7) is 3.03. The van der Waals surface area contributed by atoms with Gasteiger partial charge in [0.15, 0.2) is 4.80 Å². The molecule has 37 heavy (non-hydrogen) atoms. The van der Waals surface area contributed by atoms with Crippen LogP contribution < -0.4 is 4.80 Å². The second-order valence-corrected chi connectivity index (χ2v) is 9.30. The minimum absolute atomic E-state index is 0.301. The Kier molecular flexibility index (Phi) is 7.20. The molecule has 1 amide bonds. The van der Waals surface area contributed by atoms with E-state index in [1.54, 1.807) is 32.2 Å². The molecule has 5 rings (SSSR count). The first-order valence-electron chi connectivity index (χ1n) is 11.9. The number of rotatable bonds is 7. The number of benzene rings is 3. The fourth-order valence-corrected chi connectivity index (χ4v) is 5.25. The summed E-state index contributed by atoms with van der Waals surface area (Å²) in [6, 6.07) is 24.5. The van der Waals surface area contributed by atoms with Gasteiger partial charge in [-0.1, -0.05) is 59.9 Å². The van der Waals surface area contributed by atoms with Gasteiger partial charge in [-0.3, -0.25) is 4.79 Å². The van der Waals surface area contributed by atoms with Gasteiger partial charge in [-0.05, 0) is 37.3 Å². The molecule has 0 fully saturated rings. The molecule has 186 valence electrons. The normalized spacial score (nSPS) is 11.8. The third-order valence-electron chi connectivity index (χ3n) is 5.93. The molecule has 0 N–H and O–H groups in total. The van der Waals surface area contributed by atoms with Gasteiger partial charge >= 0.3 is 5.97 Å². The molecule has 0 unspecified atom stereocenters. The van der Waals surface area contributed by atoms with Gasteiger partial charge in [0.1, 0.15) is 0 Å². The highest BCUT2D eigenvalue weighted by Gasteiger charge is 2.16. The van der Waals surface area contributed by atoms with Crippen molar-refractivity contribution in [1.29, 1.82) is 0 Å². The molecular weight excluding hydrogens is 486 g/mol. The van der Waals surface area contributed by atoms with Gasteiger partial charge < -0.3 is 14.0 Å². The van der Waals surface area contributed by atoms with Crippen LogP contribution in [0.3, 0.4) is 0 Å². The van der Waals surface area contributed by atoms with Crippen molar-refractivity contribution in [2.75, 3.05) is 20.3 Å². The number of carbonyl (C=O) groups is 2. The van der Waals surface area contributed by atoms with Gasteiger partial charge in [-0.15, -0.1) is 0 Å². The van der Waals surface area contributed by atoms with E-state index in [-0.39, 0.29) is 11.9 Å². The summed E-state index contributed by atoms with van der Waals surface area (Å²) in [4.78, 5) is 35.8. The second-order valence-electron chi connectivity index (χ2n) is 8.29. The van der Waals surface area contributed by atoms with Gasteiger partial charge in [0.2, 0.25) is 0 Å². The van der Waals surface area contributed by atoms with E-state index < -0.39 is 0 Å². The van der Waals surface area contributed by atoms with Crippen molar-refractivity contribution in [3.63, 3.8) is 0 Å². The van der Waals surface area contributed by atoms with E-state index in [1.165, 1.54) is 11.3 Å². The maximum absolute atomic E-state index is 13.7. The lowest BCUT2D eigenvalue weighted by Crippen LogP contribution is -2.19. The molecule has 5 aromatic rings. The van der Waals surface area contributed by atoms with Gasteiger partial charge in [-0.2, -0.15) is 4.99 Å². The number of thiazole rings is 1. The monoisotopic (exact) mass is 511 g/mol. The van der Waals surface area contributed by atoms with Crippen molar-refractivity contribution in [2.24, 2.45) is 4.99 Å². The molecule has 0 bridgehead atoms. The number of pyridine rings is 1. The number of hydrogen-bond acceptors (Lipinski definition) is 6. The fraction of sp³-hybridized carbons (Fsp3) is 0.172. The minimum Gasteiger partial charge on any atom is -0.462 e. The highest BCUT2D eigenvalue weighted by Crippen LogP contribution is 2.26. The molecule has 0 aliphatic carbocycles. The molecule has 0 spiro atoms. The molecule has 0 atom stereocenters. The summed E-state index contributed by atoms with van der Waals surface area (Å²) >= 11 is 1.35. The molecule has 2 aromatic heterocycles. The zero-order valence-electron chi connectivity index (χ0n) is 20.5. The summed E-state index contributed by atoms with van der Waals surface area (Å²) in [7, 11) is 1.63. The number of carbonyl (C=O) groups excluding carboxylic acids is 2. The quantitative estimate of drug-likeness (QED) is 0.270. The first-order chi connectivity index (χ1) is 18.1. The van der Waals surface area contributed by atoms with Crippen molar-refractivity contribution < 1.29 is 19.1 Å². The van der Waals surface area contributed by atoms with Crippen LogP contribution in [0.25, 0.3) is 32.4 Å². The molecule has 7 nitrogen and oxygen atoms in total. The van der Waals surface area contributed by atoms with E-state index >= 15 is 0 Å². The van der Waals surface area contributed by atoms with Crippen molar-refractivity contribution >= 4 is 44.3 Å². The van der Waals surface area contributed by atoms with E-state index in [1.807, 2.05) is 65.2 Å². The highest BCUT2D eigenvalue weighted by atomic mass is 32.1. The van der Waals surface area contributed by atoms with Gasteiger partial charge in [0.05, 0.1) is 45.8 Å². The van der Waals surface area contributed by atoms with Crippen LogP contribution >= 0.6 is 11.3 Å². The molecule has 2 heterocycles. The van der Waals surface area contributed by atoms with E-state index in [0.29, 0.717) is 41.4 Å². The number of para-hydroxylation sites is 1. The zero-order valence-corrected chi connectivity index (χ0v) is 21.3. The number of aromatic nitrogens is 2. The maximum atomic E-state index is 13.7. The number of hydrogen-bond donors (Lipinski definition) is 0. The first kappa shape index (κ1) is 24.5. The predicted molar refractivity (Wildman–Crippen MR) is 145 cm³/mol. The maximum Gasteiger partial charge on any atom is 0.338 e. The van der Waals surface area contributed by atoms with E-state index in [2.05, 4.69) is 4.99 Å². The van der Waals surface area contributed by atoms with Crippen LogP contribution in [0.4, 0.5) is 0 Å². The third-order valence-corrected chi connectivity index (χ3v) is 6.97. The summed E-state index contributed by atoms with van der Waals surface area (Å²) in [5.74, 6) is -0.744. The van der Waals surface area contributed by atoms with E-state index in [4.69, 9.17) is 14.5 Å². The fourth-order valence-electron chi connectivity index (χ4n) is 4.15. The average Bonchev–Trinajstić information content (AvgIpc) is 3.27. The van der Waals surface area contributed by atoms with Crippen LogP contribution in [0, 0.1) is 0 Å². The first-order valence-corrected chi connectivity index (χ1v) is 12.7. The number of esters is 1. The summed E-state index contributed by atoms with van der Waals surface area (Å²) in [6.07, 6.45) is 0. The van der Waals surface area contributed by atoms with Crippen LogP contribution in [0.15, 0.2) is 83.9 Å². The molecule has 0 saturated heterocycles. The molecule has 0 aliphatic heterocycles. The molecule has 0 saturated carbocycles. The van der Waals surface area contributed by atoms with Crippen LogP contribution in [-0.4, -0.2) is 41.8 Å². The average molecular weight is 512 g/mol. The number of ether oxygens (including phenoxy) is 2. The number of amides is 1. The van der Waals surface area contributed by atoms with Crippen molar-refractivity contribution in [1.82, 2.24) is 9.55 Å². The summed E-state index contributed by atoms with van der Waals surface area (Å²) in [5, 5.41) is 0.741. The number of nitrogens with zero attached hydrogens (tertiary/aromatic N) is 3. The Morgan fingerprint density at radius 2 is 1.78 bits per heavy atom. The SMILES string of the molecule is CCOC(=O)c1ccc2c(c1)sc(=NC(=O)c1cc(-c3ccccc3)nc3ccccc13)n2CCOC. The largest absolute Gasteiger partial charge is 0.462 e. The molecule has 3 aromatic carbocycles. The second kappa shape index (κ2) is 10.9. The lowest BCUT2D eigenvalue weighted by molar-refractivity contribution is 0.0526. The van der Waals surface area contributed by atoms with Crippen molar-refractivity contribution in [3.8, 4) is 11.3 Å². The molecule has 0 radical (unpaired) electrons. The Morgan fingerprint density at radius 3 is 2.57 bits per heavy atom. The van der Waals surface area contributed by atoms with Crippen molar-refractivity contribution in [2.45, 2.75) is 13.5 Å². The molecule has 0 aliphatic rings. The standard InChI is InChI=1S/C29H25N3O4S/c1-3-36-28(34)20-13-14-25-26(17-20)37-29(32(25)15-16-35-2)31-27(33)22-18-24(19-9-5-4-6-10-19)30-23-12-8-7-11-21(22)23/h4-14,17-18H,3,15-16H2,1-2H3. The lowest BCUT2D eigenvalue weighted by Gasteiger charge is -2.08. The van der Waals surface area contributed by atoms with Gasteiger partial charge in [0, 0.05) is 24.6 Å². The Bertz CT molecular complexity index is 1670. The molecule has 8 heteroatoms. The lowest BCUT2D eigenvalue weighted by atomic mass is 10.0. The minimum atomic E-state index is -0.382. The summed E-state index contributed by atoms with van der Waals surface area (Å²) < 4.78 is 13.2. The van der Waals surface area contributed by atoms with Crippen LogP contribution in [0.2, 0.25) is 0 Å². The van der Waals surface area contributed by atoms with Crippen LogP contribution in [0.1, 0.15) is 27.6 Å². The third kappa shape index (κ3) is 5.07. The molecular formula is C29H25N3O4S. The predicted octanol–water partition coefficient (Wildman–Crippen LogP) is 5.48. The smallest absolute Gasteiger partial charge is 0.338 e. The highest BCUT2D eigenvalue weighted by molar-refractivity contribution is 7.16. The Morgan fingerprint density at radius 1 is 1.00 bits per heavy atom. The Hall–Kier alpha value is -4.14. The van der Waals surface area contributed by atoms with E-state index in [0.717, 1.165) is 26.7 Å². The summed E-state index contributed by atoms with van der Waals surface area (Å²) in [5.41, 5.74) is 4.16. The zero-order chi connectivity index (χ0) is 25.8. The Labute approximate surface area is 217 Å². The van der Waals surface area contributed by atoms with Gasteiger partial charge in [-0.25, -0.2) is 9.78 Å². The van der Waals surface area contributed by atoms with Crippen LogP contribution in [0.5, 0.6) is 0 Å².